The van der Waals surface area contributed by atoms with Crippen molar-refractivity contribution < 1.29 is 29.0 Å². The second-order valence-electron chi connectivity index (χ2n) is 17.4. The number of hydrazine groups is 2. The van der Waals surface area contributed by atoms with Gasteiger partial charge in [-0.05, 0) is 82.5 Å². The lowest BCUT2D eigenvalue weighted by Crippen LogP contribution is -2.57. The lowest BCUT2D eigenvalue weighted by molar-refractivity contribution is -0.146. The first-order valence-electron chi connectivity index (χ1n) is 21.0. The minimum Gasteiger partial charge on any atom is -0.479 e. The molecule has 0 spiro atoms. The van der Waals surface area contributed by atoms with Crippen LogP contribution in [-0.2, 0) is 23.9 Å². The Morgan fingerprint density at radius 1 is 0.981 bits per heavy atom. The van der Waals surface area contributed by atoms with Crippen LogP contribution in [0, 0.1) is 23.7 Å². The fraction of sp³-hybridized carbons (Fsp3) is 0.846. The van der Waals surface area contributed by atoms with E-state index in [0.29, 0.717) is 43.9 Å². The van der Waals surface area contributed by atoms with E-state index in [4.69, 9.17) is 4.74 Å². The van der Waals surface area contributed by atoms with Gasteiger partial charge in [-0.3, -0.25) is 14.4 Å². The fourth-order valence-corrected chi connectivity index (χ4v) is 12.1. The molecule has 8 aliphatic rings. The summed E-state index contributed by atoms with van der Waals surface area (Å²) in [4.78, 5) is 57.5. The molecule has 3 amide bonds. The number of nitrogens with one attached hydrogen (secondary N) is 6. The summed E-state index contributed by atoms with van der Waals surface area (Å²) in [6.07, 6.45) is 17.4. The van der Waals surface area contributed by atoms with Gasteiger partial charge in [0, 0.05) is 50.5 Å². The zero-order chi connectivity index (χ0) is 37.4. The number of amides is 3. The summed E-state index contributed by atoms with van der Waals surface area (Å²) in [5.41, 5.74) is 6.26. The highest BCUT2D eigenvalue weighted by Crippen LogP contribution is 2.46. The summed E-state index contributed by atoms with van der Waals surface area (Å²) in [7, 11) is 1.80. The maximum absolute atomic E-state index is 14.9. The molecular weight excluding hydrogens is 709 g/mol. The van der Waals surface area contributed by atoms with Crippen LogP contribution >= 0.6 is 11.8 Å². The van der Waals surface area contributed by atoms with Crippen LogP contribution in [0.1, 0.15) is 96.3 Å². The van der Waals surface area contributed by atoms with Gasteiger partial charge in [-0.15, -0.1) is 11.8 Å². The summed E-state index contributed by atoms with van der Waals surface area (Å²) >= 11 is 1.93. The van der Waals surface area contributed by atoms with E-state index >= 15 is 0 Å². The topological polar surface area (TPSA) is 176 Å². The highest BCUT2D eigenvalue weighted by Gasteiger charge is 2.62. The standard InChI is InChI=1S/C39H62N8O6S/c1-53-26-15-13-23(14-16-26)32-33(36-40-17-18-54-36)45-47(44-32)25-19-31-35(49)43-39(38(51)52)20-24(39)9-5-3-2-4-6-12-30(37(50)46(31)22-25)42-34(48)28-21-41-29-11-8-7-10-27(28)29/h5,9,23-33,36,40-41,44-45H,2-4,6-8,10-22H2,1H3,(H,42,48)(H,43,49)(H,51,52)/b9-5-/t23?,24-,25-,26?,27?,28?,29?,30+,31+,32?,33?,36?,39-/m1/s1. The van der Waals surface area contributed by atoms with Crippen LogP contribution < -0.4 is 32.1 Å². The van der Waals surface area contributed by atoms with E-state index in [-0.39, 0.29) is 59.6 Å². The lowest BCUT2D eigenvalue weighted by Gasteiger charge is -2.35. The number of carboxylic acids is 1. The Bertz CT molecular complexity index is 1420. The van der Waals surface area contributed by atoms with Gasteiger partial charge in [0.05, 0.1) is 29.5 Å². The number of aliphatic carboxylic acids is 1. The Labute approximate surface area is 323 Å². The molecule has 54 heavy (non-hydrogen) atoms. The number of hydrogen-bond donors (Lipinski definition) is 7. The van der Waals surface area contributed by atoms with E-state index in [1.54, 1.807) is 12.0 Å². The van der Waals surface area contributed by atoms with Crippen molar-refractivity contribution in [1.29, 1.82) is 0 Å². The molecule has 14 nitrogen and oxygen atoms in total. The fourth-order valence-electron chi connectivity index (χ4n) is 10.9. The Morgan fingerprint density at radius 2 is 1.78 bits per heavy atom. The number of carbonyl (C=O) groups is 4. The van der Waals surface area contributed by atoms with Crippen molar-refractivity contribution >= 4 is 35.5 Å². The van der Waals surface area contributed by atoms with E-state index < -0.39 is 29.5 Å². The van der Waals surface area contributed by atoms with Crippen molar-refractivity contribution in [1.82, 2.24) is 42.1 Å². The first-order valence-corrected chi connectivity index (χ1v) is 22.1. The highest BCUT2D eigenvalue weighted by molar-refractivity contribution is 8.00. The molecule has 15 heteroatoms. The molecular formula is C39H62N8O6S. The number of rotatable bonds is 7. The molecule has 0 radical (unpaired) electrons. The second kappa shape index (κ2) is 16.7. The Morgan fingerprint density at radius 3 is 2.56 bits per heavy atom. The number of methoxy groups -OCH3 is 1. The third kappa shape index (κ3) is 7.84. The van der Waals surface area contributed by atoms with Gasteiger partial charge in [0.1, 0.15) is 17.6 Å². The molecule has 0 bridgehead atoms. The van der Waals surface area contributed by atoms with Crippen LogP contribution in [0.2, 0.25) is 0 Å². The lowest BCUT2D eigenvalue weighted by atomic mass is 9.79. The van der Waals surface area contributed by atoms with Crippen LogP contribution in [0.4, 0.5) is 0 Å². The average Bonchev–Trinajstić information content (AvgIpc) is 3.79. The second-order valence-corrected chi connectivity index (χ2v) is 18.6. The highest BCUT2D eigenvalue weighted by atomic mass is 32.2. The van der Waals surface area contributed by atoms with E-state index in [1.807, 2.05) is 23.9 Å². The third-order valence-electron chi connectivity index (χ3n) is 14.2. The number of nitrogens with zero attached hydrogens (tertiary/aromatic N) is 2. The number of fused-ring (bicyclic) bond motifs is 3. The number of allylic oxidation sites excluding steroid dienone is 1. The van der Waals surface area contributed by atoms with E-state index in [1.165, 1.54) is 6.42 Å². The molecule has 0 aromatic carbocycles. The monoisotopic (exact) mass is 770 g/mol. The van der Waals surface area contributed by atoms with Crippen LogP contribution in [0.15, 0.2) is 12.2 Å². The van der Waals surface area contributed by atoms with Gasteiger partial charge in [-0.25, -0.2) is 15.6 Å². The predicted molar refractivity (Wildman–Crippen MR) is 205 cm³/mol. The van der Waals surface area contributed by atoms with E-state index in [0.717, 1.165) is 82.9 Å². The third-order valence-corrected chi connectivity index (χ3v) is 15.4. The van der Waals surface area contributed by atoms with Gasteiger partial charge in [-0.2, -0.15) is 5.12 Å². The molecule has 3 saturated carbocycles. The summed E-state index contributed by atoms with van der Waals surface area (Å²) in [5.74, 6) is -0.489. The SMILES string of the molecule is COC1CCC(C2NN([C@@H]3C[C@H]4C(=O)N[C@]5(C(=O)O)C[C@H]5/C=C\CCCCC[C@H](NC(=O)C5CNC6CCCCC65)C(=O)N4C3)NC2C2NCCS2)CC1. The zero-order valence-electron chi connectivity index (χ0n) is 31.8. The van der Waals surface area contributed by atoms with Crippen LogP contribution in [0.25, 0.3) is 0 Å². The number of hydrogen-bond acceptors (Lipinski definition) is 11. The van der Waals surface area contributed by atoms with Crippen LogP contribution in [0.3, 0.4) is 0 Å². The van der Waals surface area contributed by atoms with Crippen molar-refractivity contribution in [2.75, 3.05) is 32.5 Å². The van der Waals surface area contributed by atoms with Gasteiger partial charge in [0.15, 0.2) is 0 Å². The Kier molecular flexibility index (Phi) is 11.9. The number of ether oxygens (including phenoxy) is 1. The Balaban J connectivity index is 1.04. The van der Waals surface area contributed by atoms with E-state index in [2.05, 4.69) is 37.2 Å². The molecule has 7 fully saturated rings. The van der Waals surface area contributed by atoms with Crippen LogP contribution in [0.5, 0.6) is 0 Å². The van der Waals surface area contributed by atoms with Crippen LogP contribution in [-0.4, -0.2) is 125 Å². The molecule has 0 aromatic rings. The molecule has 0 aromatic heterocycles. The van der Waals surface area contributed by atoms with Gasteiger partial charge in [0.2, 0.25) is 17.7 Å². The number of carbonyl (C=O) groups excluding carboxylic acids is 3. The molecule has 6 unspecified atom stereocenters. The quantitative estimate of drug-likeness (QED) is 0.187. The first-order chi connectivity index (χ1) is 26.3. The maximum Gasteiger partial charge on any atom is 0.330 e. The van der Waals surface area contributed by atoms with Gasteiger partial charge in [0.25, 0.3) is 0 Å². The molecule has 5 heterocycles. The molecule has 7 N–H and O–H groups in total. The van der Waals surface area contributed by atoms with Gasteiger partial charge < -0.3 is 36.0 Å². The van der Waals surface area contributed by atoms with Crippen molar-refractivity contribution in [3.05, 3.63) is 12.2 Å². The maximum atomic E-state index is 14.9. The van der Waals surface area contributed by atoms with Crippen molar-refractivity contribution in [3.63, 3.8) is 0 Å². The van der Waals surface area contributed by atoms with Gasteiger partial charge in [-0.1, -0.05) is 37.8 Å². The van der Waals surface area contributed by atoms with E-state index in [9.17, 15) is 24.3 Å². The van der Waals surface area contributed by atoms with Crippen molar-refractivity contribution in [2.24, 2.45) is 23.7 Å². The number of thioether (sulfide) groups is 1. The predicted octanol–water partition coefficient (Wildman–Crippen LogP) is 1.63. The van der Waals surface area contributed by atoms with Crippen molar-refractivity contribution in [3.8, 4) is 0 Å². The molecule has 11 atom stereocenters. The minimum absolute atomic E-state index is 0.0724. The molecule has 4 saturated heterocycles. The largest absolute Gasteiger partial charge is 0.479 e. The summed E-state index contributed by atoms with van der Waals surface area (Å²) in [6.45, 7) is 1.86. The number of carboxylic acid groups (broad SMARTS) is 1. The van der Waals surface area contributed by atoms with Crippen molar-refractivity contribution in [2.45, 2.75) is 150 Å². The smallest absolute Gasteiger partial charge is 0.330 e. The summed E-state index contributed by atoms with van der Waals surface area (Å²) < 4.78 is 5.69. The first kappa shape index (κ1) is 38.6. The Hall–Kier alpha value is -2.27. The molecule has 3 aliphatic carbocycles. The molecule has 300 valence electrons. The average molecular weight is 771 g/mol. The van der Waals surface area contributed by atoms with Gasteiger partial charge >= 0.3 is 5.97 Å². The molecule has 8 rings (SSSR count). The summed E-state index contributed by atoms with van der Waals surface area (Å²) in [6, 6.07) is -1.24. The normalized spacial score (nSPS) is 44.0. The minimum atomic E-state index is -1.37. The summed E-state index contributed by atoms with van der Waals surface area (Å²) in [5, 5.41) is 26.0. The molecule has 5 aliphatic heterocycles. The zero-order valence-corrected chi connectivity index (χ0v) is 32.6.